The normalized spacial score (nSPS) is 12.9. The topological polar surface area (TPSA) is 126 Å². The number of ether oxygens (including phenoxy) is 1. The molecule has 0 N–H and O–H groups in total. The summed E-state index contributed by atoms with van der Waals surface area (Å²) in [6.07, 6.45) is 4.09. The standard InChI is InChI=1S/C25H24N2O7S/c1-15-11-21(16(2)26(15)20-9-7-17-5-4-6-18(17)12-20)23(28)14-34-25(29)19-8-10-24(35(3,32)33)22(13-19)27(30)31/h7-13H,4-6,14H2,1-3H3. The zero-order valence-corrected chi connectivity index (χ0v) is 20.3. The minimum atomic E-state index is -3.87. The Labute approximate surface area is 202 Å². The van der Waals surface area contributed by atoms with E-state index in [-0.39, 0.29) is 5.56 Å². The molecule has 0 amide bonds. The summed E-state index contributed by atoms with van der Waals surface area (Å²) in [6, 6.07) is 11.0. The molecule has 0 fully saturated rings. The molecule has 10 heteroatoms. The summed E-state index contributed by atoms with van der Waals surface area (Å²) >= 11 is 0. The Morgan fingerprint density at radius 2 is 1.77 bits per heavy atom. The summed E-state index contributed by atoms with van der Waals surface area (Å²) in [5, 5.41) is 11.3. The van der Waals surface area contributed by atoms with Crippen LogP contribution >= 0.6 is 0 Å². The summed E-state index contributed by atoms with van der Waals surface area (Å²) in [5.74, 6) is -1.38. The van der Waals surface area contributed by atoms with Gasteiger partial charge in [0, 0.05) is 35.0 Å². The number of aryl methyl sites for hydroxylation is 3. The molecule has 0 aliphatic heterocycles. The first-order chi connectivity index (χ1) is 16.5. The van der Waals surface area contributed by atoms with Crippen molar-refractivity contribution in [2.24, 2.45) is 0 Å². The maximum Gasteiger partial charge on any atom is 0.338 e. The number of fused-ring (bicyclic) bond motifs is 1. The van der Waals surface area contributed by atoms with Crippen molar-refractivity contribution in [3.63, 3.8) is 0 Å². The van der Waals surface area contributed by atoms with Crippen molar-refractivity contribution in [1.29, 1.82) is 0 Å². The van der Waals surface area contributed by atoms with E-state index in [1.54, 1.807) is 6.07 Å². The average Bonchev–Trinajstić information content (AvgIpc) is 3.39. The van der Waals surface area contributed by atoms with Gasteiger partial charge in [0.05, 0.1) is 10.5 Å². The lowest BCUT2D eigenvalue weighted by Crippen LogP contribution is -2.15. The van der Waals surface area contributed by atoms with Crippen molar-refractivity contribution in [3.05, 3.63) is 86.2 Å². The lowest BCUT2D eigenvalue weighted by atomic mass is 10.1. The lowest BCUT2D eigenvalue weighted by molar-refractivity contribution is -0.387. The van der Waals surface area contributed by atoms with Gasteiger partial charge in [0.1, 0.15) is 4.90 Å². The number of carbonyl (C=O) groups excluding carboxylic acids is 2. The molecule has 35 heavy (non-hydrogen) atoms. The third-order valence-electron chi connectivity index (χ3n) is 6.20. The van der Waals surface area contributed by atoms with Crippen molar-refractivity contribution in [1.82, 2.24) is 4.57 Å². The van der Waals surface area contributed by atoms with Gasteiger partial charge in [-0.15, -0.1) is 0 Å². The van der Waals surface area contributed by atoms with Gasteiger partial charge < -0.3 is 9.30 Å². The van der Waals surface area contributed by atoms with Crippen molar-refractivity contribution < 1.29 is 27.7 Å². The third kappa shape index (κ3) is 4.74. The predicted molar refractivity (Wildman–Crippen MR) is 128 cm³/mol. The van der Waals surface area contributed by atoms with Crippen molar-refractivity contribution in [2.75, 3.05) is 12.9 Å². The van der Waals surface area contributed by atoms with Gasteiger partial charge in [-0.25, -0.2) is 13.2 Å². The fourth-order valence-corrected chi connectivity index (χ4v) is 5.36. The SMILES string of the molecule is Cc1cc(C(=O)COC(=O)c2ccc(S(C)(=O)=O)c([N+](=O)[O-])c2)c(C)n1-c1ccc2c(c1)CCC2. The highest BCUT2D eigenvalue weighted by molar-refractivity contribution is 7.90. The summed E-state index contributed by atoms with van der Waals surface area (Å²) in [7, 11) is -3.87. The van der Waals surface area contributed by atoms with E-state index in [4.69, 9.17) is 4.74 Å². The van der Waals surface area contributed by atoms with Crippen LogP contribution < -0.4 is 0 Å². The van der Waals surface area contributed by atoms with Gasteiger partial charge in [0.2, 0.25) is 5.78 Å². The van der Waals surface area contributed by atoms with Crippen LogP contribution in [0.3, 0.4) is 0 Å². The second-order valence-corrected chi connectivity index (χ2v) is 10.6. The second-order valence-electron chi connectivity index (χ2n) is 8.64. The molecule has 1 heterocycles. The fraction of sp³-hybridized carbons (Fsp3) is 0.280. The molecule has 9 nitrogen and oxygen atoms in total. The van der Waals surface area contributed by atoms with E-state index >= 15 is 0 Å². The molecule has 182 valence electrons. The van der Waals surface area contributed by atoms with Crippen molar-refractivity contribution in [2.45, 2.75) is 38.0 Å². The zero-order chi connectivity index (χ0) is 25.5. The number of carbonyl (C=O) groups is 2. The summed E-state index contributed by atoms with van der Waals surface area (Å²) in [4.78, 5) is 35.2. The van der Waals surface area contributed by atoms with Crippen LogP contribution in [-0.2, 0) is 27.4 Å². The highest BCUT2D eigenvalue weighted by atomic mass is 32.2. The number of esters is 1. The first-order valence-electron chi connectivity index (χ1n) is 11.0. The Kier molecular flexibility index (Phi) is 6.33. The van der Waals surface area contributed by atoms with E-state index in [2.05, 4.69) is 12.1 Å². The molecule has 0 saturated carbocycles. The minimum Gasteiger partial charge on any atom is -0.454 e. The highest BCUT2D eigenvalue weighted by Gasteiger charge is 2.25. The number of rotatable bonds is 7. The van der Waals surface area contributed by atoms with Crippen LogP contribution in [0.15, 0.2) is 47.4 Å². The first kappa shape index (κ1) is 24.3. The van der Waals surface area contributed by atoms with Crippen molar-refractivity contribution >= 4 is 27.3 Å². The molecule has 0 unspecified atom stereocenters. The Hall–Kier alpha value is -3.79. The van der Waals surface area contributed by atoms with Crippen LogP contribution in [-0.4, -0.2) is 42.5 Å². The molecule has 0 radical (unpaired) electrons. The molecule has 4 rings (SSSR count). The lowest BCUT2D eigenvalue weighted by Gasteiger charge is -2.12. The molecule has 0 spiro atoms. The van der Waals surface area contributed by atoms with Gasteiger partial charge in [-0.3, -0.25) is 14.9 Å². The number of benzene rings is 2. The number of hydrogen-bond acceptors (Lipinski definition) is 7. The number of nitrogens with zero attached hydrogens (tertiary/aromatic N) is 2. The molecular formula is C25H24N2O7S. The largest absolute Gasteiger partial charge is 0.454 e. The molecular weight excluding hydrogens is 472 g/mol. The number of aromatic nitrogens is 1. The number of Topliss-reactive ketones (excluding diaryl/α,β-unsaturated/α-hetero) is 1. The van der Waals surface area contributed by atoms with Crippen LogP contribution in [0.2, 0.25) is 0 Å². The number of nitro benzene ring substituents is 1. The molecule has 0 saturated heterocycles. The summed E-state index contributed by atoms with van der Waals surface area (Å²) in [6.45, 7) is 3.16. The van der Waals surface area contributed by atoms with E-state index in [1.807, 2.05) is 24.5 Å². The fourth-order valence-electron chi connectivity index (χ4n) is 4.53. The van der Waals surface area contributed by atoms with Crippen molar-refractivity contribution in [3.8, 4) is 5.69 Å². The summed E-state index contributed by atoms with van der Waals surface area (Å²) in [5.41, 5.74) is 4.67. The smallest absolute Gasteiger partial charge is 0.338 e. The molecule has 1 aliphatic rings. The molecule has 1 aliphatic carbocycles. The zero-order valence-electron chi connectivity index (χ0n) is 19.5. The van der Waals surface area contributed by atoms with Crippen LogP contribution in [0.4, 0.5) is 5.69 Å². The Bertz CT molecular complexity index is 1490. The molecule has 1 aromatic heterocycles. The summed E-state index contributed by atoms with van der Waals surface area (Å²) < 4.78 is 30.6. The molecule has 0 bridgehead atoms. The molecule has 3 aromatic rings. The predicted octanol–water partition coefficient (Wildman–Crippen LogP) is 3.93. The average molecular weight is 497 g/mol. The van der Waals surface area contributed by atoms with Crippen LogP contribution in [0.1, 0.15) is 49.7 Å². The quantitative estimate of drug-likeness (QED) is 0.210. The molecule has 0 atom stereocenters. The van der Waals surface area contributed by atoms with E-state index in [0.29, 0.717) is 5.56 Å². The number of ketones is 1. The Morgan fingerprint density at radius 1 is 1.06 bits per heavy atom. The monoisotopic (exact) mass is 496 g/mol. The van der Waals surface area contributed by atoms with Crippen LogP contribution in [0.5, 0.6) is 0 Å². The number of hydrogen-bond donors (Lipinski definition) is 0. The Morgan fingerprint density at radius 3 is 2.46 bits per heavy atom. The van der Waals surface area contributed by atoms with E-state index < -0.39 is 43.7 Å². The van der Waals surface area contributed by atoms with Crippen LogP contribution in [0, 0.1) is 24.0 Å². The third-order valence-corrected chi connectivity index (χ3v) is 7.34. The van der Waals surface area contributed by atoms with Crippen LogP contribution in [0.25, 0.3) is 5.69 Å². The van der Waals surface area contributed by atoms with E-state index in [1.165, 1.54) is 11.1 Å². The molecule has 2 aromatic carbocycles. The second kappa shape index (κ2) is 9.10. The van der Waals surface area contributed by atoms with E-state index in [0.717, 1.165) is 60.8 Å². The number of sulfone groups is 1. The maximum atomic E-state index is 12.9. The van der Waals surface area contributed by atoms with Gasteiger partial charge in [-0.2, -0.15) is 0 Å². The maximum absolute atomic E-state index is 12.9. The van der Waals surface area contributed by atoms with E-state index in [9.17, 15) is 28.1 Å². The minimum absolute atomic E-state index is 0.222. The highest BCUT2D eigenvalue weighted by Crippen LogP contribution is 2.28. The van der Waals surface area contributed by atoms with Gasteiger partial charge in [0.25, 0.3) is 5.69 Å². The number of nitro groups is 1. The van der Waals surface area contributed by atoms with Gasteiger partial charge in [-0.1, -0.05) is 6.07 Å². The van der Waals surface area contributed by atoms with Gasteiger partial charge >= 0.3 is 5.97 Å². The Balaban J connectivity index is 1.52. The van der Waals surface area contributed by atoms with Gasteiger partial charge in [0.15, 0.2) is 16.4 Å². The van der Waals surface area contributed by atoms with Gasteiger partial charge in [-0.05, 0) is 74.6 Å². The first-order valence-corrected chi connectivity index (χ1v) is 12.9.